The van der Waals surface area contributed by atoms with Crippen molar-refractivity contribution in [2.24, 2.45) is 5.10 Å². The van der Waals surface area contributed by atoms with Gasteiger partial charge in [0.2, 0.25) is 5.75 Å². The molecular formula is C29H19ClFN5O5. The quantitative estimate of drug-likeness (QED) is 0.145. The highest BCUT2D eigenvalue weighted by atomic mass is 35.5. The van der Waals surface area contributed by atoms with E-state index in [1.165, 1.54) is 30.3 Å². The van der Waals surface area contributed by atoms with Gasteiger partial charge in [-0.2, -0.15) is 9.78 Å². The fourth-order valence-electron chi connectivity index (χ4n) is 4.00. The number of nitro groups is 1. The molecule has 0 atom stereocenters. The van der Waals surface area contributed by atoms with Crippen LogP contribution in [0.25, 0.3) is 22.3 Å². The lowest BCUT2D eigenvalue weighted by Gasteiger charge is -2.12. The van der Waals surface area contributed by atoms with Crippen molar-refractivity contribution >= 4 is 46.0 Å². The van der Waals surface area contributed by atoms with Crippen molar-refractivity contribution in [2.45, 2.75) is 0 Å². The number of nitrogens with zero attached hydrogens (tertiary/aromatic N) is 4. The average Bonchev–Trinajstić information content (AvgIpc) is 2.97. The summed E-state index contributed by atoms with van der Waals surface area (Å²) in [5.74, 6) is -1.51. The van der Waals surface area contributed by atoms with Crippen LogP contribution in [-0.4, -0.2) is 33.3 Å². The number of aromatic nitrogens is 2. The molecule has 1 aromatic heterocycles. The van der Waals surface area contributed by atoms with E-state index in [0.29, 0.717) is 16.5 Å². The highest BCUT2D eigenvalue weighted by molar-refractivity contribution is 6.31. The normalized spacial score (nSPS) is 11.1. The number of benzene rings is 4. The molecule has 1 amide bonds. The molecule has 0 spiro atoms. The van der Waals surface area contributed by atoms with Gasteiger partial charge in [-0.05, 0) is 30.3 Å². The number of para-hydroxylation sites is 2. The first kappa shape index (κ1) is 27.2. The summed E-state index contributed by atoms with van der Waals surface area (Å²) < 4.78 is 20.5. The molecule has 0 aliphatic carbocycles. The van der Waals surface area contributed by atoms with Gasteiger partial charge < -0.3 is 10.1 Å². The number of nitro benzene ring substituents is 1. The summed E-state index contributed by atoms with van der Waals surface area (Å²) in [4.78, 5) is 41.6. The molecule has 1 N–H and O–H groups in total. The number of hydrogen-bond donors (Lipinski definition) is 1. The zero-order valence-electron chi connectivity index (χ0n) is 21.0. The molecule has 0 saturated heterocycles. The Morgan fingerprint density at radius 3 is 2.54 bits per heavy atom. The molecule has 4 aromatic carbocycles. The molecule has 0 bridgehead atoms. The molecule has 0 aliphatic rings. The third-order valence-electron chi connectivity index (χ3n) is 5.85. The Morgan fingerprint density at radius 2 is 1.78 bits per heavy atom. The predicted octanol–water partition coefficient (Wildman–Crippen LogP) is 5.66. The van der Waals surface area contributed by atoms with Crippen molar-refractivity contribution < 1.29 is 18.8 Å². The maximum absolute atomic E-state index is 13.9. The Morgan fingerprint density at radius 1 is 1.07 bits per heavy atom. The highest BCUT2D eigenvalue weighted by Crippen LogP contribution is 2.34. The van der Waals surface area contributed by atoms with Crippen molar-refractivity contribution in [3.63, 3.8) is 0 Å². The third kappa shape index (κ3) is 5.94. The molecule has 5 rings (SSSR count). The second kappa shape index (κ2) is 11.8. The first-order chi connectivity index (χ1) is 19.8. The lowest BCUT2D eigenvalue weighted by molar-refractivity contribution is -0.385. The summed E-state index contributed by atoms with van der Waals surface area (Å²) in [6, 6.07) is 23.6. The van der Waals surface area contributed by atoms with Crippen LogP contribution in [-0.2, 0) is 4.79 Å². The SMILES string of the molecule is O=C(COc1c(C=Nn2c(-c3ccccc3)nc3ccccc3c2=O)cc(Cl)cc1[N+](=O)[O-])Nc1ccccc1F. The minimum absolute atomic E-state index is 0.00595. The van der Waals surface area contributed by atoms with Crippen LogP contribution in [0.15, 0.2) is 101 Å². The van der Waals surface area contributed by atoms with E-state index in [1.807, 2.05) is 6.07 Å². The second-order valence-electron chi connectivity index (χ2n) is 8.60. The number of amides is 1. The lowest BCUT2D eigenvalue weighted by atomic mass is 10.2. The molecule has 204 valence electrons. The number of hydrogen-bond acceptors (Lipinski definition) is 7. The minimum Gasteiger partial charge on any atom is -0.476 e. The maximum Gasteiger partial charge on any atom is 0.313 e. The first-order valence-corrected chi connectivity index (χ1v) is 12.5. The number of fused-ring (bicyclic) bond motifs is 1. The highest BCUT2D eigenvalue weighted by Gasteiger charge is 2.22. The van der Waals surface area contributed by atoms with Crippen molar-refractivity contribution in [1.29, 1.82) is 0 Å². The standard InChI is InChI=1S/C29H19ClFN5O5/c30-20-14-19(27(25(15-20)36(39)40)41-17-26(37)33-24-13-7-5-11-22(24)31)16-32-35-28(18-8-2-1-3-9-18)34-23-12-6-4-10-21(23)29(35)38/h1-16H,17H2,(H,33,37). The number of anilines is 1. The van der Waals surface area contributed by atoms with E-state index in [4.69, 9.17) is 16.3 Å². The van der Waals surface area contributed by atoms with Gasteiger partial charge in [0.05, 0.1) is 27.7 Å². The van der Waals surface area contributed by atoms with Gasteiger partial charge >= 0.3 is 5.69 Å². The van der Waals surface area contributed by atoms with Crippen molar-refractivity contribution in [2.75, 3.05) is 11.9 Å². The molecule has 0 unspecified atom stereocenters. The van der Waals surface area contributed by atoms with Crippen molar-refractivity contribution in [1.82, 2.24) is 9.66 Å². The largest absolute Gasteiger partial charge is 0.476 e. The van der Waals surface area contributed by atoms with Crippen LogP contribution in [0.4, 0.5) is 15.8 Å². The fraction of sp³-hybridized carbons (Fsp3) is 0.0345. The van der Waals surface area contributed by atoms with Crippen LogP contribution in [0.3, 0.4) is 0 Å². The summed E-state index contributed by atoms with van der Waals surface area (Å²) in [6.45, 7) is -0.690. The van der Waals surface area contributed by atoms with Crippen LogP contribution in [0.5, 0.6) is 5.75 Å². The molecule has 1 heterocycles. The second-order valence-corrected chi connectivity index (χ2v) is 9.03. The van der Waals surface area contributed by atoms with Gasteiger partial charge in [0.25, 0.3) is 11.5 Å². The topological polar surface area (TPSA) is 129 Å². The van der Waals surface area contributed by atoms with Gasteiger partial charge in [-0.1, -0.05) is 66.2 Å². The van der Waals surface area contributed by atoms with Crippen LogP contribution in [0.1, 0.15) is 5.56 Å². The molecular weight excluding hydrogens is 553 g/mol. The number of ether oxygens (including phenoxy) is 1. The van der Waals surface area contributed by atoms with E-state index < -0.39 is 34.5 Å². The van der Waals surface area contributed by atoms with Gasteiger partial charge in [0.1, 0.15) is 5.82 Å². The number of rotatable bonds is 8. The van der Waals surface area contributed by atoms with Gasteiger partial charge in [0, 0.05) is 22.2 Å². The third-order valence-corrected chi connectivity index (χ3v) is 6.07. The van der Waals surface area contributed by atoms with E-state index in [2.05, 4.69) is 15.4 Å². The Kier molecular flexibility index (Phi) is 7.79. The smallest absolute Gasteiger partial charge is 0.313 e. The van der Waals surface area contributed by atoms with Crippen molar-refractivity contribution in [3.05, 3.63) is 128 Å². The van der Waals surface area contributed by atoms with E-state index in [0.717, 1.165) is 17.0 Å². The molecule has 5 aromatic rings. The number of carbonyl (C=O) groups excluding carboxylic acids is 1. The zero-order valence-corrected chi connectivity index (χ0v) is 21.8. The van der Waals surface area contributed by atoms with Crippen molar-refractivity contribution in [3.8, 4) is 17.1 Å². The maximum atomic E-state index is 13.9. The van der Waals surface area contributed by atoms with E-state index in [9.17, 15) is 24.1 Å². The summed E-state index contributed by atoms with van der Waals surface area (Å²) in [7, 11) is 0. The molecule has 0 aliphatic heterocycles. The van der Waals surface area contributed by atoms with Gasteiger partial charge in [-0.15, -0.1) is 0 Å². The summed E-state index contributed by atoms with van der Waals surface area (Å²) in [5, 5.41) is 18.8. The van der Waals surface area contributed by atoms with E-state index in [1.54, 1.807) is 48.5 Å². The predicted molar refractivity (Wildman–Crippen MR) is 153 cm³/mol. The zero-order chi connectivity index (χ0) is 28.9. The van der Waals surface area contributed by atoms with E-state index >= 15 is 0 Å². The van der Waals surface area contributed by atoms with Gasteiger partial charge in [0.15, 0.2) is 12.4 Å². The van der Waals surface area contributed by atoms with Crippen LogP contribution in [0, 0.1) is 15.9 Å². The molecule has 0 radical (unpaired) electrons. The minimum atomic E-state index is -0.761. The van der Waals surface area contributed by atoms with E-state index in [-0.39, 0.29) is 27.8 Å². The van der Waals surface area contributed by atoms with Gasteiger partial charge in [-0.3, -0.25) is 19.7 Å². The number of nitrogens with one attached hydrogen (secondary N) is 1. The fourth-order valence-corrected chi connectivity index (χ4v) is 4.22. The number of carbonyl (C=O) groups is 1. The summed E-state index contributed by atoms with van der Waals surface area (Å²) in [5.41, 5.74) is -0.0112. The summed E-state index contributed by atoms with van der Waals surface area (Å²) in [6.07, 6.45) is 1.16. The van der Waals surface area contributed by atoms with Crippen LogP contribution >= 0.6 is 11.6 Å². The average molecular weight is 572 g/mol. The first-order valence-electron chi connectivity index (χ1n) is 12.1. The van der Waals surface area contributed by atoms with Crippen LogP contribution < -0.4 is 15.6 Å². The summed E-state index contributed by atoms with van der Waals surface area (Å²) >= 11 is 6.15. The Labute approximate surface area is 236 Å². The Bertz CT molecular complexity index is 1880. The molecule has 10 nitrogen and oxygen atoms in total. The molecule has 0 saturated carbocycles. The van der Waals surface area contributed by atoms with Gasteiger partial charge in [-0.25, -0.2) is 9.37 Å². The molecule has 0 fully saturated rings. The lowest BCUT2D eigenvalue weighted by Crippen LogP contribution is -2.22. The number of halogens is 2. The monoisotopic (exact) mass is 571 g/mol. The molecule has 41 heavy (non-hydrogen) atoms. The molecule has 12 heteroatoms. The Balaban J connectivity index is 1.55. The van der Waals surface area contributed by atoms with Crippen LogP contribution in [0.2, 0.25) is 5.02 Å². The Hall–Kier alpha value is -5.42.